The maximum absolute atomic E-state index is 4.70. The molecule has 5 heteroatoms. The third kappa shape index (κ3) is 2.97. The molecule has 19 heavy (non-hydrogen) atoms. The lowest BCUT2D eigenvalue weighted by molar-refractivity contribution is 0.847. The van der Waals surface area contributed by atoms with Gasteiger partial charge in [-0.15, -0.1) is 11.3 Å². The quantitative estimate of drug-likeness (QED) is 0.875. The van der Waals surface area contributed by atoms with Crippen molar-refractivity contribution in [2.24, 2.45) is 0 Å². The first-order chi connectivity index (χ1) is 9.19. The number of anilines is 2. The van der Waals surface area contributed by atoms with Gasteiger partial charge in [0.2, 0.25) is 5.95 Å². The highest BCUT2D eigenvalue weighted by Crippen LogP contribution is 2.31. The van der Waals surface area contributed by atoms with Crippen LogP contribution in [0.5, 0.6) is 0 Å². The van der Waals surface area contributed by atoms with Crippen LogP contribution in [-0.4, -0.2) is 29.6 Å². The molecule has 0 unspecified atom stereocenters. The van der Waals surface area contributed by atoms with Crippen LogP contribution >= 0.6 is 11.3 Å². The molecule has 2 heterocycles. The van der Waals surface area contributed by atoms with Crippen LogP contribution in [-0.2, 0) is 0 Å². The Kier molecular flexibility index (Phi) is 4.58. The van der Waals surface area contributed by atoms with Gasteiger partial charge in [-0.2, -0.15) is 4.98 Å². The topological polar surface area (TPSA) is 41.1 Å². The summed E-state index contributed by atoms with van der Waals surface area (Å²) in [7, 11) is 0. The van der Waals surface area contributed by atoms with Crippen LogP contribution < -0.4 is 10.2 Å². The highest BCUT2D eigenvalue weighted by Gasteiger charge is 2.14. The SMILES string of the molecule is CCCNc1nc(N(CC)CC)c2cc(C)sc2n1. The monoisotopic (exact) mass is 278 g/mol. The number of nitrogens with one attached hydrogen (secondary N) is 1. The molecular formula is C14H22N4S. The molecule has 4 nitrogen and oxygen atoms in total. The third-order valence-corrected chi connectivity index (χ3v) is 4.04. The Morgan fingerprint density at radius 3 is 2.58 bits per heavy atom. The molecule has 0 saturated carbocycles. The average molecular weight is 278 g/mol. The second-order valence-electron chi connectivity index (χ2n) is 4.55. The number of nitrogens with zero attached hydrogens (tertiary/aromatic N) is 3. The van der Waals surface area contributed by atoms with Crippen molar-refractivity contribution in [3.63, 3.8) is 0 Å². The Morgan fingerprint density at radius 1 is 1.21 bits per heavy atom. The van der Waals surface area contributed by atoms with Crippen molar-refractivity contribution < 1.29 is 0 Å². The predicted molar refractivity (Wildman–Crippen MR) is 84.5 cm³/mol. The standard InChI is InChI=1S/C14H22N4S/c1-5-8-15-14-16-12(18(6-2)7-3)11-9-10(4)19-13(11)17-14/h9H,5-8H2,1-4H3,(H,15,16,17). The minimum absolute atomic E-state index is 0.748. The van der Waals surface area contributed by atoms with E-state index >= 15 is 0 Å². The van der Waals surface area contributed by atoms with E-state index in [4.69, 9.17) is 4.98 Å². The fraction of sp³-hybridized carbons (Fsp3) is 0.571. The van der Waals surface area contributed by atoms with Crippen molar-refractivity contribution in [2.75, 3.05) is 29.9 Å². The van der Waals surface area contributed by atoms with Gasteiger partial charge < -0.3 is 10.2 Å². The van der Waals surface area contributed by atoms with Crippen molar-refractivity contribution in [1.82, 2.24) is 9.97 Å². The van der Waals surface area contributed by atoms with Gasteiger partial charge in [-0.25, -0.2) is 4.98 Å². The van der Waals surface area contributed by atoms with Crippen LogP contribution in [0.1, 0.15) is 32.1 Å². The summed E-state index contributed by atoms with van der Waals surface area (Å²) in [6.45, 7) is 11.4. The van der Waals surface area contributed by atoms with Gasteiger partial charge in [0, 0.05) is 24.5 Å². The molecule has 0 aromatic carbocycles. The predicted octanol–water partition coefficient (Wildman–Crippen LogP) is 3.67. The Morgan fingerprint density at radius 2 is 1.95 bits per heavy atom. The summed E-state index contributed by atoms with van der Waals surface area (Å²) in [5.41, 5.74) is 0. The molecule has 0 spiro atoms. The van der Waals surface area contributed by atoms with Gasteiger partial charge in [-0.3, -0.25) is 0 Å². The highest BCUT2D eigenvalue weighted by molar-refractivity contribution is 7.18. The molecule has 104 valence electrons. The molecule has 0 amide bonds. The first-order valence-corrected chi connectivity index (χ1v) is 7.78. The Bertz CT molecular complexity index is 546. The van der Waals surface area contributed by atoms with E-state index in [1.54, 1.807) is 11.3 Å². The Balaban J connectivity index is 2.50. The van der Waals surface area contributed by atoms with Gasteiger partial charge in [0.15, 0.2) is 0 Å². The summed E-state index contributed by atoms with van der Waals surface area (Å²) >= 11 is 1.73. The number of hydrogen-bond acceptors (Lipinski definition) is 5. The molecule has 0 radical (unpaired) electrons. The summed E-state index contributed by atoms with van der Waals surface area (Å²) in [4.78, 5) is 14.0. The summed E-state index contributed by atoms with van der Waals surface area (Å²) in [5, 5.41) is 4.47. The average Bonchev–Trinajstić information content (AvgIpc) is 2.78. The fourth-order valence-corrected chi connectivity index (χ4v) is 2.98. The number of aromatic nitrogens is 2. The van der Waals surface area contributed by atoms with E-state index in [1.807, 2.05) is 0 Å². The molecule has 0 saturated heterocycles. The maximum Gasteiger partial charge on any atom is 0.226 e. The lowest BCUT2D eigenvalue weighted by Crippen LogP contribution is -2.23. The van der Waals surface area contributed by atoms with E-state index < -0.39 is 0 Å². The van der Waals surface area contributed by atoms with Crippen LogP contribution in [0.25, 0.3) is 10.2 Å². The molecule has 0 aliphatic rings. The second kappa shape index (κ2) is 6.19. The molecule has 0 aliphatic carbocycles. The van der Waals surface area contributed by atoms with Crippen LogP contribution in [0.15, 0.2) is 6.07 Å². The van der Waals surface area contributed by atoms with Gasteiger partial charge >= 0.3 is 0 Å². The van der Waals surface area contributed by atoms with Crippen molar-refractivity contribution in [3.8, 4) is 0 Å². The Hall–Kier alpha value is -1.36. The molecule has 2 aromatic rings. The van der Waals surface area contributed by atoms with Crippen molar-refractivity contribution in [1.29, 1.82) is 0 Å². The van der Waals surface area contributed by atoms with Crippen LogP contribution in [0.2, 0.25) is 0 Å². The number of thiophene rings is 1. The van der Waals surface area contributed by atoms with E-state index in [-0.39, 0.29) is 0 Å². The Labute approximate surface area is 118 Å². The molecular weight excluding hydrogens is 256 g/mol. The lowest BCUT2D eigenvalue weighted by Gasteiger charge is -2.21. The van der Waals surface area contributed by atoms with Crippen LogP contribution in [0.3, 0.4) is 0 Å². The van der Waals surface area contributed by atoms with Gasteiger partial charge in [0.1, 0.15) is 10.6 Å². The summed E-state index contributed by atoms with van der Waals surface area (Å²) in [5.74, 6) is 1.80. The van der Waals surface area contributed by atoms with Gasteiger partial charge in [0.05, 0.1) is 5.39 Å². The molecule has 0 bridgehead atoms. The molecule has 0 atom stereocenters. The van der Waals surface area contributed by atoms with Crippen LogP contribution in [0.4, 0.5) is 11.8 Å². The lowest BCUT2D eigenvalue weighted by atomic mass is 10.3. The van der Waals surface area contributed by atoms with Crippen molar-refractivity contribution in [3.05, 3.63) is 10.9 Å². The van der Waals surface area contributed by atoms with Gasteiger partial charge in [-0.05, 0) is 33.3 Å². The van der Waals surface area contributed by atoms with Crippen molar-refractivity contribution >= 4 is 33.3 Å². The van der Waals surface area contributed by atoms with E-state index in [0.717, 1.165) is 42.7 Å². The largest absolute Gasteiger partial charge is 0.356 e. The van der Waals surface area contributed by atoms with E-state index in [1.165, 1.54) is 10.3 Å². The smallest absolute Gasteiger partial charge is 0.226 e. The van der Waals surface area contributed by atoms with E-state index in [2.05, 4.69) is 49.0 Å². The molecule has 2 aromatic heterocycles. The zero-order valence-corrected chi connectivity index (χ0v) is 13.0. The van der Waals surface area contributed by atoms with Crippen LogP contribution in [0, 0.1) is 6.92 Å². The molecule has 0 aliphatic heterocycles. The first kappa shape index (κ1) is 14.1. The fourth-order valence-electron chi connectivity index (χ4n) is 2.11. The zero-order chi connectivity index (χ0) is 13.8. The third-order valence-electron chi connectivity index (χ3n) is 3.09. The number of aryl methyl sites for hydroxylation is 1. The molecule has 2 rings (SSSR count). The summed E-state index contributed by atoms with van der Waals surface area (Å²) in [6, 6.07) is 2.19. The van der Waals surface area contributed by atoms with Gasteiger partial charge in [-0.1, -0.05) is 6.92 Å². The highest BCUT2D eigenvalue weighted by atomic mass is 32.1. The number of rotatable bonds is 6. The minimum atomic E-state index is 0.748. The van der Waals surface area contributed by atoms with E-state index in [9.17, 15) is 0 Å². The van der Waals surface area contributed by atoms with Crippen molar-refractivity contribution in [2.45, 2.75) is 34.1 Å². The second-order valence-corrected chi connectivity index (χ2v) is 5.78. The molecule has 1 N–H and O–H groups in total. The number of fused-ring (bicyclic) bond motifs is 1. The van der Waals surface area contributed by atoms with E-state index in [0.29, 0.717) is 0 Å². The zero-order valence-electron chi connectivity index (χ0n) is 12.2. The maximum atomic E-state index is 4.70. The molecule has 0 fully saturated rings. The summed E-state index contributed by atoms with van der Waals surface area (Å²) < 4.78 is 0. The van der Waals surface area contributed by atoms with Gasteiger partial charge in [0.25, 0.3) is 0 Å². The summed E-state index contributed by atoms with van der Waals surface area (Å²) in [6.07, 6.45) is 1.07. The number of hydrogen-bond donors (Lipinski definition) is 1. The minimum Gasteiger partial charge on any atom is -0.356 e. The first-order valence-electron chi connectivity index (χ1n) is 6.96. The normalized spacial score (nSPS) is 10.9.